The van der Waals surface area contributed by atoms with Crippen molar-refractivity contribution in [2.24, 2.45) is 23.7 Å². The van der Waals surface area contributed by atoms with Crippen LogP contribution in [0.25, 0.3) is 0 Å². The van der Waals surface area contributed by atoms with Gasteiger partial charge >= 0.3 is 0 Å². The van der Waals surface area contributed by atoms with Crippen LogP contribution in [0.1, 0.15) is 59.5 Å². The van der Waals surface area contributed by atoms with E-state index in [1.807, 2.05) is 6.92 Å². The minimum atomic E-state index is 0.253. The Morgan fingerprint density at radius 2 is 1.65 bits per heavy atom. The predicted octanol–water partition coefficient (Wildman–Crippen LogP) is 4.05. The largest absolute Gasteiger partial charge is 0.507 e. The van der Waals surface area contributed by atoms with Crippen LogP contribution < -0.4 is 0 Å². The summed E-state index contributed by atoms with van der Waals surface area (Å²) in [5.74, 6) is 4.08. The topological polar surface area (TPSA) is 37.3 Å². The zero-order valence-corrected chi connectivity index (χ0v) is 12.0. The second-order valence-electron chi connectivity index (χ2n) is 7.37. The number of carbonyl (C=O) groups excluding carboxylic acids is 1. The molecule has 0 unspecified atom stereocenters. The molecule has 4 aliphatic carbocycles. The van der Waals surface area contributed by atoms with Crippen LogP contribution >= 0.6 is 0 Å². The number of rotatable bonds is 2. The van der Waals surface area contributed by atoms with Crippen LogP contribution in [0.2, 0.25) is 0 Å². The third-order valence-electron chi connectivity index (χ3n) is 6.03. The standard InChI is InChI=1S/C18H22O2/c1-10-2-15(9-19)18(20)16(3-10)17-13-5-11-4-12(7-13)8-14(17)6-11/h2-3,9,11-14,17,20H,4-8H2,1H3. The molecule has 0 amide bonds. The van der Waals surface area contributed by atoms with Gasteiger partial charge in [-0.3, -0.25) is 4.79 Å². The van der Waals surface area contributed by atoms with Gasteiger partial charge in [-0.25, -0.2) is 0 Å². The van der Waals surface area contributed by atoms with Gasteiger partial charge in [0.15, 0.2) is 6.29 Å². The highest BCUT2D eigenvalue weighted by Crippen LogP contribution is 2.60. The molecule has 4 saturated carbocycles. The third kappa shape index (κ3) is 1.73. The summed E-state index contributed by atoms with van der Waals surface area (Å²) in [5.41, 5.74) is 2.61. The number of aromatic hydroxyl groups is 1. The Bertz CT molecular complexity index is 533. The van der Waals surface area contributed by atoms with Crippen LogP contribution in [-0.4, -0.2) is 11.4 Å². The Morgan fingerprint density at radius 1 is 1.05 bits per heavy atom. The highest BCUT2D eigenvalue weighted by atomic mass is 16.3. The van der Waals surface area contributed by atoms with Crippen molar-refractivity contribution in [1.29, 1.82) is 0 Å². The number of benzene rings is 1. The van der Waals surface area contributed by atoms with Gasteiger partial charge in [0.2, 0.25) is 0 Å². The average molecular weight is 270 g/mol. The highest BCUT2D eigenvalue weighted by Gasteiger charge is 2.49. The molecule has 106 valence electrons. The van der Waals surface area contributed by atoms with Crippen molar-refractivity contribution in [3.63, 3.8) is 0 Å². The molecule has 0 heterocycles. The van der Waals surface area contributed by atoms with Crippen molar-refractivity contribution in [2.45, 2.75) is 44.9 Å². The van der Waals surface area contributed by atoms with Gasteiger partial charge in [-0.15, -0.1) is 0 Å². The molecule has 0 radical (unpaired) electrons. The molecule has 4 fully saturated rings. The summed E-state index contributed by atoms with van der Waals surface area (Å²) in [6.07, 6.45) is 7.58. The average Bonchev–Trinajstić information content (AvgIpc) is 2.40. The molecule has 2 nitrogen and oxygen atoms in total. The van der Waals surface area contributed by atoms with Gasteiger partial charge in [0.05, 0.1) is 5.56 Å². The summed E-state index contributed by atoms with van der Waals surface area (Å²) in [5, 5.41) is 10.5. The molecule has 4 bridgehead atoms. The van der Waals surface area contributed by atoms with Crippen LogP contribution in [0.4, 0.5) is 0 Å². The minimum absolute atomic E-state index is 0.253. The molecular formula is C18H22O2. The SMILES string of the molecule is Cc1cc(C=O)c(O)c(C2C3CC4CC(C3)CC2C4)c1. The van der Waals surface area contributed by atoms with Gasteiger partial charge < -0.3 is 5.11 Å². The minimum Gasteiger partial charge on any atom is -0.507 e. The normalized spacial score (nSPS) is 38.1. The molecule has 0 atom stereocenters. The number of aryl methyl sites for hydroxylation is 1. The van der Waals surface area contributed by atoms with Crippen molar-refractivity contribution in [2.75, 3.05) is 0 Å². The maximum Gasteiger partial charge on any atom is 0.153 e. The lowest BCUT2D eigenvalue weighted by molar-refractivity contribution is -0.00351. The second-order valence-corrected chi connectivity index (χ2v) is 7.37. The summed E-state index contributed by atoms with van der Waals surface area (Å²) in [7, 11) is 0. The smallest absolute Gasteiger partial charge is 0.153 e. The molecule has 5 rings (SSSR count). The number of hydrogen-bond donors (Lipinski definition) is 1. The molecular weight excluding hydrogens is 248 g/mol. The molecule has 0 aromatic heterocycles. The summed E-state index contributed by atoms with van der Waals surface area (Å²) in [4.78, 5) is 11.2. The van der Waals surface area contributed by atoms with Gasteiger partial charge in [-0.2, -0.15) is 0 Å². The third-order valence-corrected chi connectivity index (χ3v) is 6.03. The lowest BCUT2D eigenvalue weighted by Crippen LogP contribution is -2.43. The number of phenols is 1. The molecule has 1 N–H and O–H groups in total. The monoisotopic (exact) mass is 270 g/mol. The summed E-state index contributed by atoms with van der Waals surface area (Å²) in [6.45, 7) is 2.02. The van der Waals surface area contributed by atoms with E-state index in [2.05, 4.69) is 6.07 Å². The Hall–Kier alpha value is -1.31. The fourth-order valence-corrected chi connectivity index (χ4v) is 5.61. The number of aldehydes is 1. The molecule has 1 aromatic rings. The van der Waals surface area contributed by atoms with Gasteiger partial charge in [0, 0.05) is 0 Å². The van der Waals surface area contributed by atoms with Crippen LogP contribution in [0.5, 0.6) is 5.75 Å². The maximum atomic E-state index is 11.2. The van der Waals surface area contributed by atoms with E-state index >= 15 is 0 Å². The van der Waals surface area contributed by atoms with Crippen LogP contribution in [0.3, 0.4) is 0 Å². The van der Waals surface area contributed by atoms with E-state index in [1.54, 1.807) is 6.07 Å². The van der Waals surface area contributed by atoms with E-state index in [9.17, 15) is 9.90 Å². The first-order valence-corrected chi connectivity index (χ1v) is 7.94. The van der Waals surface area contributed by atoms with Crippen molar-refractivity contribution in [3.8, 4) is 5.75 Å². The van der Waals surface area contributed by atoms with Gasteiger partial charge in [0.1, 0.15) is 5.75 Å². The van der Waals surface area contributed by atoms with E-state index in [-0.39, 0.29) is 5.75 Å². The number of phenolic OH excluding ortho intramolecular Hbond substituents is 1. The zero-order chi connectivity index (χ0) is 13.9. The quantitative estimate of drug-likeness (QED) is 0.823. The van der Waals surface area contributed by atoms with E-state index in [0.29, 0.717) is 11.5 Å². The number of carbonyl (C=O) groups is 1. The first kappa shape index (κ1) is 12.4. The first-order valence-electron chi connectivity index (χ1n) is 7.94. The van der Waals surface area contributed by atoms with E-state index in [0.717, 1.165) is 41.1 Å². The summed E-state index contributed by atoms with van der Waals surface area (Å²) < 4.78 is 0. The van der Waals surface area contributed by atoms with Gasteiger partial charge in [-0.05, 0) is 85.8 Å². The maximum absolute atomic E-state index is 11.2. The van der Waals surface area contributed by atoms with Gasteiger partial charge in [-0.1, -0.05) is 6.07 Å². The Morgan fingerprint density at radius 3 is 2.20 bits per heavy atom. The fraction of sp³-hybridized carbons (Fsp3) is 0.611. The van der Waals surface area contributed by atoms with E-state index in [1.165, 1.54) is 32.1 Å². The summed E-state index contributed by atoms with van der Waals surface area (Å²) >= 11 is 0. The van der Waals surface area contributed by atoms with Gasteiger partial charge in [0.25, 0.3) is 0 Å². The van der Waals surface area contributed by atoms with E-state index < -0.39 is 0 Å². The fourth-order valence-electron chi connectivity index (χ4n) is 5.61. The zero-order valence-electron chi connectivity index (χ0n) is 12.0. The molecule has 0 spiro atoms. The predicted molar refractivity (Wildman–Crippen MR) is 78.0 cm³/mol. The molecule has 0 saturated heterocycles. The lowest BCUT2D eigenvalue weighted by atomic mass is 9.50. The highest BCUT2D eigenvalue weighted by molar-refractivity contribution is 5.80. The van der Waals surface area contributed by atoms with Crippen molar-refractivity contribution in [1.82, 2.24) is 0 Å². The lowest BCUT2D eigenvalue weighted by Gasteiger charge is -2.54. The Labute approximate surface area is 120 Å². The molecule has 4 aliphatic rings. The van der Waals surface area contributed by atoms with Crippen LogP contribution in [-0.2, 0) is 0 Å². The van der Waals surface area contributed by atoms with Crippen LogP contribution in [0.15, 0.2) is 12.1 Å². The summed E-state index contributed by atoms with van der Waals surface area (Å²) in [6, 6.07) is 3.91. The number of hydrogen-bond acceptors (Lipinski definition) is 2. The molecule has 20 heavy (non-hydrogen) atoms. The van der Waals surface area contributed by atoms with Crippen molar-refractivity contribution < 1.29 is 9.90 Å². The second kappa shape index (κ2) is 4.34. The molecule has 0 aliphatic heterocycles. The Kier molecular flexibility index (Phi) is 2.70. The van der Waals surface area contributed by atoms with Crippen LogP contribution in [0, 0.1) is 30.6 Å². The first-order chi connectivity index (χ1) is 9.65. The molecule has 2 heteroatoms. The van der Waals surface area contributed by atoms with E-state index in [4.69, 9.17) is 0 Å². The van der Waals surface area contributed by atoms with Crippen molar-refractivity contribution >= 4 is 6.29 Å². The van der Waals surface area contributed by atoms with Crippen molar-refractivity contribution in [3.05, 3.63) is 28.8 Å². The molecule has 1 aromatic carbocycles. The Balaban J connectivity index is 1.78.